The van der Waals surface area contributed by atoms with E-state index in [0.29, 0.717) is 10.6 Å². The van der Waals surface area contributed by atoms with Crippen molar-refractivity contribution in [2.45, 2.75) is 0 Å². The van der Waals surface area contributed by atoms with Crippen LogP contribution in [0.3, 0.4) is 0 Å². The summed E-state index contributed by atoms with van der Waals surface area (Å²) in [4.78, 5) is 0. The molecule has 78 valence electrons. The average Bonchev–Trinajstić information content (AvgIpc) is 2.32. The van der Waals surface area contributed by atoms with E-state index in [1.165, 1.54) is 0 Å². The van der Waals surface area contributed by atoms with Gasteiger partial charge in [-0.2, -0.15) is 5.26 Å². The Kier molecular flexibility index (Phi) is 3.09. The van der Waals surface area contributed by atoms with Gasteiger partial charge in [0.15, 0.2) is 0 Å². The van der Waals surface area contributed by atoms with Crippen LogP contribution in [0, 0.1) is 11.3 Å². The van der Waals surface area contributed by atoms with Crippen LogP contribution in [0.25, 0.3) is 0 Å². The van der Waals surface area contributed by atoms with Gasteiger partial charge in [-0.1, -0.05) is 29.8 Å². The molecule has 0 unspecified atom stereocenters. The Morgan fingerprint density at radius 1 is 1.06 bits per heavy atom. The van der Waals surface area contributed by atoms with Crippen LogP contribution in [0.1, 0.15) is 5.56 Å². The molecular weight excluding hydrogens is 220 g/mol. The maximum atomic E-state index is 8.78. The number of nitrogens with one attached hydrogen (secondary N) is 1. The lowest BCUT2D eigenvalue weighted by atomic mass is 10.2. The number of benzene rings is 2. The molecule has 0 aliphatic rings. The van der Waals surface area contributed by atoms with Crippen molar-refractivity contribution in [1.29, 1.82) is 5.26 Å². The second-order valence-electron chi connectivity index (χ2n) is 3.30. The molecule has 0 saturated carbocycles. The lowest BCUT2D eigenvalue weighted by Gasteiger charge is -2.07. The number of anilines is 2. The van der Waals surface area contributed by atoms with Gasteiger partial charge in [-0.05, 0) is 30.3 Å². The third kappa shape index (κ3) is 2.33. The molecule has 2 aromatic rings. The highest BCUT2D eigenvalue weighted by molar-refractivity contribution is 6.33. The molecule has 0 aliphatic heterocycles. The summed E-state index contributed by atoms with van der Waals surface area (Å²) >= 11 is 6.02. The first kappa shape index (κ1) is 10.5. The molecule has 0 saturated heterocycles. The Balaban J connectivity index is 2.28. The van der Waals surface area contributed by atoms with Gasteiger partial charge in [-0.3, -0.25) is 0 Å². The van der Waals surface area contributed by atoms with Crippen molar-refractivity contribution in [3.63, 3.8) is 0 Å². The summed E-state index contributed by atoms with van der Waals surface area (Å²) in [6, 6.07) is 16.8. The van der Waals surface area contributed by atoms with Crippen LogP contribution in [0.5, 0.6) is 0 Å². The minimum atomic E-state index is 0.622. The molecule has 3 heteroatoms. The van der Waals surface area contributed by atoms with E-state index in [-0.39, 0.29) is 0 Å². The zero-order valence-corrected chi connectivity index (χ0v) is 9.20. The van der Waals surface area contributed by atoms with Gasteiger partial charge in [0.25, 0.3) is 0 Å². The third-order valence-corrected chi connectivity index (χ3v) is 2.47. The van der Waals surface area contributed by atoms with Crippen molar-refractivity contribution in [2.24, 2.45) is 0 Å². The topological polar surface area (TPSA) is 35.8 Å². The maximum absolute atomic E-state index is 8.78. The van der Waals surface area contributed by atoms with Crippen LogP contribution < -0.4 is 5.32 Å². The predicted molar refractivity (Wildman–Crippen MR) is 65.9 cm³/mol. The van der Waals surface area contributed by atoms with Crippen molar-refractivity contribution in [2.75, 3.05) is 5.32 Å². The summed E-state index contributed by atoms with van der Waals surface area (Å²) in [5.41, 5.74) is 2.31. The standard InChI is InChI=1S/C13H9ClN2/c14-12-6-1-2-7-13(12)16-11-5-3-4-10(8-11)9-15/h1-8,16H. The molecule has 0 aliphatic carbocycles. The van der Waals surface area contributed by atoms with Crippen LogP contribution in [-0.2, 0) is 0 Å². The van der Waals surface area contributed by atoms with Crippen LogP contribution in [0.15, 0.2) is 48.5 Å². The molecule has 0 aromatic heterocycles. The number of halogens is 1. The number of hydrogen-bond donors (Lipinski definition) is 1. The molecule has 1 N–H and O–H groups in total. The quantitative estimate of drug-likeness (QED) is 0.845. The molecule has 0 heterocycles. The molecule has 0 amide bonds. The average molecular weight is 229 g/mol. The summed E-state index contributed by atoms with van der Waals surface area (Å²) in [5.74, 6) is 0. The first-order valence-corrected chi connectivity index (χ1v) is 5.19. The van der Waals surface area contributed by atoms with Gasteiger partial charge in [-0.25, -0.2) is 0 Å². The first-order valence-electron chi connectivity index (χ1n) is 4.81. The van der Waals surface area contributed by atoms with Gasteiger partial charge in [0.05, 0.1) is 22.3 Å². The molecular formula is C13H9ClN2. The molecule has 0 radical (unpaired) electrons. The summed E-state index contributed by atoms with van der Waals surface area (Å²) < 4.78 is 0. The number of nitrogens with zero attached hydrogens (tertiary/aromatic N) is 1. The van der Waals surface area contributed by atoms with E-state index in [9.17, 15) is 0 Å². The van der Waals surface area contributed by atoms with Crippen molar-refractivity contribution in [3.05, 3.63) is 59.1 Å². The summed E-state index contributed by atoms with van der Waals surface area (Å²) in [6.07, 6.45) is 0. The lowest BCUT2D eigenvalue weighted by molar-refractivity contribution is 1.47. The van der Waals surface area contributed by atoms with E-state index < -0.39 is 0 Å². The van der Waals surface area contributed by atoms with E-state index in [1.54, 1.807) is 12.1 Å². The van der Waals surface area contributed by atoms with Crippen molar-refractivity contribution in [1.82, 2.24) is 0 Å². The Hall–Kier alpha value is -1.98. The van der Waals surface area contributed by atoms with E-state index in [0.717, 1.165) is 11.4 Å². The summed E-state index contributed by atoms with van der Waals surface area (Å²) in [6.45, 7) is 0. The molecule has 2 nitrogen and oxygen atoms in total. The monoisotopic (exact) mass is 228 g/mol. The zero-order chi connectivity index (χ0) is 11.4. The highest BCUT2D eigenvalue weighted by Crippen LogP contribution is 2.24. The summed E-state index contributed by atoms with van der Waals surface area (Å²) in [5, 5.41) is 12.6. The number of nitriles is 1. The van der Waals surface area contributed by atoms with Crippen molar-refractivity contribution < 1.29 is 0 Å². The van der Waals surface area contributed by atoms with E-state index >= 15 is 0 Å². The number of para-hydroxylation sites is 1. The van der Waals surface area contributed by atoms with Gasteiger partial charge in [0.1, 0.15) is 0 Å². The van der Waals surface area contributed by atoms with Crippen LogP contribution >= 0.6 is 11.6 Å². The Morgan fingerprint density at radius 3 is 2.62 bits per heavy atom. The molecule has 0 spiro atoms. The SMILES string of the molecule is N#Cc1cccc(Nc2ccccc2Cl)c1. The van der Waals surface area contributed by atoms with Crippen LogP contribution in [0.4, 0.5) is 11.4 Å². The van der Waals surface area contributed by atoms with Gasteiger partial charge in [0.2, 0.25) is 0 Å². The highest BCUT2D eigenvalue weighted by atomic mass is 35.5. The van der Waals surface area contributed by atoms with E-state index in [2.05, 4.69) is 11.4 Å². The van der Waals surface area contributed by atoms with Crippen LogP contribution in [-0.4, -0.2) is 0 Å². The predicted octanol–water partition coefficient (Wildman–Crippen LogP) is 3.96. The minimum Gasteiger partial charge on any atom is -0.354 e. The van der Waals surface area contributed by atoms with E-state index in [4.69, 9.17) is 16.9 Å². The van der Waals surface area contributed by atoms with Gasteiger partial charge in [-0.15, -0.1) is 0 Å². The second-order valence-corrected chi connectivity index (χ2v) is 3.70. The van der Waals surface area contributed by atoms with Gasteiger partial charge >= 0.3 is 0 Å². The third-order valence-electron chi connectivity index (χ3n) is 2.14. The molecule has 2 rings (SSSR count). The van der Waals surface area contributed by atoms with Crippen molar-refractivity contribution >= 4 is 23.0 Å². The second kappa shape index (κ2) is 4.69. The maximum Gasteiger partial charge on any atom is 0.0992 e. The fourth-order valence-corrected chi connectivity index (χ4v) is 1.57. The normalized spacial score (nSPS) is 9.50. The number of rotatable bonds is 2. The van der Waals surface area contributed by atoms with Crippen molar-refractivity contribution in [3.8, 4) is 6.07 Å². The smallest absolute Gasteiger partial charge is 0.0992 e. The number of hydrogen-bond acceptors (Lipinski definition) is 2. The Labute approximate surface area is 99.1 Å². The molecule has 2 aromatic carbocycles. The van der Waals surface area contributed by atoms with Gasteiger partial charge in [0, 0.05) is 5.69 Å². The van der Waals surface area contributed by atoms with Crippen LogP contribution in [0.2, 0.25) is 5.02 Å². The minimum absolute atomic E-state index is 0.622. The highest BCUT2D eigenvalue weighted by Gasteiger charge is 1.99. The Bertz CT molecular complexity index is 544. The molecule has 0 atom stereocenters. The first-order chi connectivity index (χ1) is 7.79. The fraction of sp³-hybridized carbons (Fsp3) is 0. The molecule has 0 bridgehead atoms. The van der Waals surface area contributed by atoms with E-state index in [1.807, 2.05) is 36.4 Å². The zero-order valence-electron chi connectivity index (χ0n) is 8.44. The van der Waals surface area contributed by atoms with Gasteiger partial charge < -0.3 is 5.32 Å². The fourth-order valence-electron chi connectivity index (χ4n) is 1.38. The summed E-state index contributed by atoms with van der Waals surface area (Å²) in [7, 11) is 0. The molecule has 0 fully saturated rings. The molecule has 16 heavy (non-hydrogen) atoms. The lowest BCUT2D eigenvalue weighted by Crippen LogP contribution is -1.91. The Morgan fingerprint density at radius 2 is 1.88 bits per heavy atom. The largest absolute Gasteiger partial charge is 0.354 e.